The number of nitrogens with zero attached hydrogens (tertiary/aromatic N) is 2. The van der Waals surface area contributed by atoms with Gasteiger partial charge in [0.05, 0.1) is 11.8 Å². The number of hydrogen-bond acceptors (Lipinski definition) is 4. The highest BCUT2D eigenvalue weighted by atomic mass is 32.2. The Hall–Kier alpha value is -0.950. The van der Waals surface area contributed by atoms with Crippen LogP contribution in [0, 0.1) is 30.6 Å². The van der Waals surface area contributed by atoms with E-state index in [0.29, 0.717) is 6.42 Å². The van der Waals surface area contributed by atoms with Gasteiger partial charge in [0.15, 0.2) is 0 Å². The predicted octanol–water partition coefficient (Wildman–Crippen LogP) is 3.08. The molecule has 0 unspecified atom stereocenters. The molecule has 0 aromatic carbocycles. The van der Waals surface area contributed by atoms with Crippen LogP contribution in [0.25, 0.3) is 0 Å². The van der Waals surface area contributed by atoms with Crippen LogP contribution in [0.1, 0.15) is 30.7 Å². The molecule has 1 aromatic heterocycles. The average molecular weight is 222 g/mol. The molecule has 1 heterocycles. The van der Waals surface area contributed by atoms with E-state index in [4.69, 9.17) is 9.68 Å². The monoisotopic (exact) mass is 222 g/mol. The molecule has 1 saturated carbocycles. The van der Waals surface area contributed by atoms with Gasteiger partial charge in [0.1, 0.15) is 5.76 Å². The van der Waals surface area contributed by atoms with Crippen LogP contribution in [0.5, 0.6) is 0 Å². The number of nitriles is 1. The maximum absolute atomic E-state index is 8.69. The Labute approximate surface area is 93.9 Å². The summed E-state index contributed by atoms with van der Waals surface area (Å²) in [5.74, 6) is 1.85. The summed E-state index contributed by atoms with van der Waals surface area (Å²) in [5, 5.41) is 9.43. The summed E-state index contributed by atoms with van der Waals surface area (Å²) in [5.41, 5.74) is 1.22. The summed E-state index contributed by atoms with van der Waals surface area (Å²) >= 11 is 1.64. The lowest BCUT2D eigenvalue weighted by molar-refractivity contribution is 0.429. The Morgan fingerprint density at radius 2 is 2.27 bits per heavy atom. The topological polar surface area (TPSA) is 49.8 Å². The number of hydrogen-bond donors (Lipinski definition) is 0. The first kappa shape index (κ1) is 10.6. The number of thioether (sulfide) groups is 1. The quantitative estimate of drug-likeness (QED) is 0.734. The third-order valence-electron chi connectivity index (χ3n) is 2.92. The van der Waals surface area contributed by atoms with E-state index in [-0.39, 0.29) is 5.41 Å². The van der Waals surface area contributed by atoms with Gasteiger partial charge in [0.25, 0.3) is 5.22 Å². The van der Waals surface area contributed by atoms with Gasteiger partial charge >= 0.3 is 0 Å². The zero-order chi connectivity index (χ0) is 10.9. The highest BCUT2D eigenvalue weighted by Gasteiger charge is 2.42. The third kappa shape index (κ3) is 2.35. The van der Waals surface area contributed by atoms with E-state index >= 15 is 0 Å². The van der Waals surface area contributed by atoms with E-state index in [1.165, 1.54) is 12.8 Å². The van der Waals surface area contributed by atoms with Crippen molar-refractivity contribution in [3.63, 3.8) is 0 Å². The van der Waals surface area contributed by atoms with Crippen molar-refractivity contribution in [3.8, 4) is 6.07 Å². The summed E-state index contributed by atoms with van der Waals surface area (Å²) in [7, 11) is 0. The van der Waals surface area contributed by atoms with E-state index in [2.05, 4.69) is 11.1 Å². The van der Waals surface area contributed by atoms with Crippen LogP contribution in [0.3, 0.4) is 0 Å². The molecular weight excluding hydrogens is 208 g/mol. The molecule has 80 valence electrons. The molecular formula is C11H14N2OS. The second-order valence-electron chi connectivity index (χ2n) is 4.24. The summed E-state index contributed by atoms with van der Waals surface area (Å²) < 4.78 is 5.48. The largest absolute Gasteiger partial charge is 0.437 e. The van der Waals surface area contributed by atoms with Crippen molar-refractivity contribution in [3.05, 3.63) is 11.5 Å². The van der Waals surface area contributed by atoms with Crippen LogP contribution >= 0.6 is 11.8 Å². The number of oxazole rings is 1. The number of aryl methyl sites for hydroxylation is 2. The van der Waals surface area contributed by atoms with E-state index in [9.17, 15) is 0 Å². The minimum Gasteiger partial charge on any atom is -0.437 e. The number of rotatable bonds is 4. The van der Waals surface area contributed by atoms with Gasteiger partial charge in [-0.25, -0.2) is 4.98 Å². The van der Waals surface area contributed by atoms with Crippen LogP contribution in [0.15, 0.2) is 9.64 Å². The van der Waals surface area contributed by atoms with Gasteiger partial charge in [-0.05, 0) is 32.1 Å². The first-order valence-corrected chi connectivity index (χ1v) is 6.08. The molecule has 2 rings (SSSR count). The van der Waals surface area contributed by atoms with Gasteiger partial charge in [0.2, 0.25) is 0 Å². The van der Waals surface area contributed by atoms with Crippen molar-refractivity contribution >= 4 is 11.8 Å². The molecule has 0 N–H and O–H groups in total. The lowest BCUT2D eigenvalue weighted by atomic mass is 10.1. The Balaban J connectivity index is 1.91. The van der Waals surface area contributed by atoms with Gasteiger partial charge in [-0.2, -0.15) is 5.26 Å². The van der Waals surface area contributed by atoms with Gasteiger partial charge < -0.3 is 4.42 Å². The normalized spacial score (nSPS) is 17.4. The highest BCUT2D eigenvalue weighted by Crippen LogP contribution is 2.51. The fraction of sp³-hybridized carbons (Fsp3) is 0.636. The fourth-order valence-electron chi connectivity index (χ4n) is 1.44. The molecule has 15 heavy (non-hydrogen) atoms. The molecule has 0 radical (unpaired) electrons. The van der Waals surface area contributed by atoms with Crippen molar-refractivity contribution in [2.75, 3.05) is 5.75 Å². The van der Waals surface area contributed by atoms with Crippen LogP contribution in [0.4, 0.5) is 0 Å². The molecule has 0 amide bonds. The molecule has 3 nitrogen and oxygen atoms in total. The van der Waals surface area contributed by atoms with Gasteiger partial charge in [-0.15, -0.1) is 0 Å². The molecule has 0 bridgehead atoms. The molecule has 0 atom stereocenters. The second-order valence-corrected chi connectivity index (χ2v) is 5.17. The maximum Gasteiger partial charge on any atom is 0.256 e. The number of aromatic nitrogens is 1. The maximum atomic E-state index is 8.69. The standard InChI is InChI=1S/C11H14N2OS/c1-8-9(2)14-10(13-8)15-7-11(3-4-11)5-6-12/h3-5,7H2,1-2H3. The van der Waals surface area contributed by atoms with Crippen LogP contribution in [-0.2, 0) is 0 Å². The highest BCUT2D eigenvalue weighted by molar-refractivity contribution is 7.99. The first-order valence-electron chi connectivity index (χ1n) is 5.09. The minimum absolute atomic E-state index is 0.260. The van der Waals surface area contributed by atoms with Crippen molar-refractivity contribution in [1.29, 1.82) is 5.26 Å². The summed E-state index contributed by atoms with van der Waals surface area (Å²) in [6.45, 7) is 3.87. The Bertz CT molecular complexity index is 382. The summed E-state index contributed by atoms with van der Waals surface area (Å²) in [6, 6.07) is 2.26. The molecule has 4 heteroatoms. The lowest BCUT2D eigenvalue weighted by Gasteiger charge is -2.06. The first-order chi connectivity index (χ1) is 7.15. The molecule has 1 aromatic rings. The van der Waals surface area contributed by atoms with E-state index in [1.807, 2.05) is 13.8 Å². The van der Waals surface area contributed by atoms with Gasteiger partial charge in [-0.1, -0.05) is 11.8 Å². The van der Waals surface area contributed by atoms with E-state index < -0.39 is 0 Å². The van der Waals surface area contributed by atoms with E-state index in [1.54, 1.807) is 11.8 Å². The summed E-state index contributed by atoms with van der Waals surface area (Å²) in [6.07, 6.45) is 3.01. The zero-order valence-corrected chi connectivity index (χ0v) is 9.86. The summed E-state index contributed by atoms with van der Waals surface area (Å²) in [4.78, 5) is 4.31. The molecule has 0 aliphatic heterocycles. The van der Waals surface area contributed by atoms with Crippen LogP contribution < -0.4 is 0 Å². The SMILES string of the molecule is Cc1nc(SCC2(CC#N)CC2)oc1C. The minimum atomic E-state index is 0.260. The van der Waals surface area contributed by atoms with Crippen molar-refractivity contribution in [2.24, 2.45) is 5.41 Å². The van der Waals surface area contributed by atoms with Crippen LogP contribution in [-0.4, -0.2) is 10.7 Å². The smallest absolute Gasteiger partial charge is 0.256 e. The lowest BCUT2D eigenvalue weighted by Crippen LogP contribution is -2.02. The second kappa shape index (κ2) is 3.90. The average Bonchev–Trinajstić information content (AvgIpc) is 2.88. The molecule has 0 spiro atoms. The Kier molecular flexibility index (Phi) is 2.74. The van der Waals surface area contributed by atoms with E-state index in [0.717, 1.165) is 22.4 Å². The molecule has 0 saturated heterocycles. The molecule has 1 fully saturated rings. The van der Waals surface area contributed by atoms with Gasteiger partial charge in [0, 0.05) is 12.2 Å². The predicted molar refractivity (Wildman–Crippen MR) is 58.6 cm³/mol. The zero-order valence-electron chi connectivity index (χ0n) is 9.04. The van der Waals surface area contributed by atoms with Crippen molar-refractivity contribution in [1.82, 2.24) is 4.98 Å². The Morgan fingerprint density at radius 3 is 2.73 bits per heavy atom. The fourth-order valence-corrected chi connectivity index (χ4v) is 2.64. The van der Waals surface area contributed by atoms with Crippen molar-refractivity contribution in [2.45, 2.75) is 38.3 Å². The van der Waals surface area contributed by atoms with Gasteiger partial charge in [-0.3, -0.25) is 0 Å². The molecule has 1 aliphatic rings. The van der Waals surface area contributed by atoms with Crippen molar-refractivity contribution < 1.29 is 4.42 Å². The third-order valence-corrected chi connectivity index (χ3v) is 4.10. The Morgan fingerprint density at radius 1 is 1.53 bits per heavy atom. The van der Waals surface area contributed by atoms with Crippen LogP contribution in [0.2, 0.25) is 0 Å². The molecule has 1 aliphatic carbocycles.